The fourth-order valence-corrected chi connectivity index (χ4v) is 4.23. The van der Waals surface area contributed by atoms with Crippen LogP contribution in [0.3, 0.4) is 0 Å². The number of halogens is 1. The number of carbonyl (C=O) groups excluding carboxylic acids is 2. The summed E-state index contributed by atoms with van der Waals surface area (Å²) in [6.45, 7) is 1.78. The van der Waals surface area contributed by atoms with Crippen molar-refractivity contribution in [1.82, 2.24) is 5.32 Å². The lowest BCUT2D eigenvalue weighted by atomic mass is 9.90. The maximum Gasteiger partial charge on any atom is 0.336 e. The predicted molar refractivity (Wildman–Crippen MR) is 129 cm³/mol. The fourth-order valence-electron chi connectivity index (χ4n) is 4.05. The first-order chi connectivity index (χ1) is 15.8. The van der Waals surface area contributed by atoms with Gasteiger partial charge in [0.15, 0.2) is 0 Å². The van der Waals surface area contributed by atoms with E-state index in [0.29, 0.717) is 16.1 Å². The van der Waals surface area contributed by atoms with Crippen molar-refractivity contribution in [1.29, 1.82) is 0 Å². The normalized spacial score (nSPS) is 13.2. The van der Waals surface area contributed by atoms with Gasteiger partial charge >= 0.3 is 5.97 Å². The van der Waals surface area contributed by atoms with Crippen LogP contribution in [0.2, 0.25) is 5.02 Å². The average molecular weight is 461 g/mol. The molecule has 0 spiro atoms. The number of rotatable bonds is 3. The molecule has 166 valence electrons. The Kier molecular flexibility index (Phi) is 6.03. The summed E-state index contributed by atoms with van der Waals surface area (Å²) in [6.07, 6.45) is 3.84. The van der Waals surface area contributed by atoms with E-state index in [9.17, 15) is 19.5 Å². The number of carbonyl (C=O) groups is 3. The van der Waals surface area contributed by atoms with Gasteiger partial charge in [-0.3, -0.25) is 9.59 Å². The second-order valence-electron chi connectivity index (χ2n) is 7.67. The number of carboxylic acid groups (broad SMARTS) is 1. The Labute approximate surface area is 196 Å². The molecule has 0 saturated carbocycles. The summed E-state index contributed by atoms with van der Waals surface area (Å²) in [7, 11) is 1.50. The lowest BCUT2D eigenvalue weighted by Crippen LogP contribution is -2.29. The van der Waals surface area contributed by atoms with Crippen molar-refractivity contribution in [3.05, 3.63) is 87.4 Å². The molecule has 2 amide bonds. The van der Waals surface area contributed by atoms with Gasteiger partial charge in [0.2, 0.25) is 5.91 Å². The molecule has 1 aliphatic rings. The van der Waals surface area contributed by atoms with Gasteiger partial charge in [-0.2, -0.15) is 0 Å². The van der Waals surface area contributed by atoms with Crippen LogP contribution in [0.4, 0.5) is 5.69 Å². The lowest BCUT2D eigenvalue weighted by molar-refractivity contribution is -0.116. The van der Waals surface area contributed by atoms with Crippen LogP contribution in [0, 0.1) is 0 Å². The van der Waals surface area contributed by atoms with Crippen LogP contribution in [0.15, 0.2) is 54.6 Å². The first-order valence-corrected chi connectivity index (χ1v) is 10.7. The van der Waals surface area contributed by atoms with E-state index in [2.05, 4.69) is 5.32 Å². The van der Waals surface area contributed by atoms with Crippen LogP contribution >= 0.6 is 11.6 Å². The minimum Gasteiger partial charge on any atom is -0.478 e. The molecule has 0 unspecified atom stereocenters. The summed E-state index contributed by atoms with van der Waals surface area (Å²) in [5.41, 5.74) is 4.47. The highest BCUT2D eigenvalue weighted by atomic mass is 35.5. The zero-order valence-corrected chi connectivity index (χ0v) is 18.8. The van der Waals surface area contributed by atoms with Crippen molar-refractivity contribution in [3.8, 4) is 11.1 Å². The number of hydrogen-bond acceptors (Lipinski definition) is 3. The van der Waals surface area contributed by atoms with Crippen molar-refractivity contribution in [2.45, 2.75) is 13.5 Å². The number of hydrogen-bond donors (Lipinski definition) is 2. The molecule has 0 aliphatic carbocycles. The van der Waals surface area contributed by atoms with Gasteiger partial charge in [0.1, 0.15) is 0 Å². The second kappa shape index (κ2) is 8.92. The highest BCUT2D eigenvalue weighted by molar-refractivity contribution is 6.31. The van der Waals surface area contributed by atoms with E-state index < -0.39 is 5.97 Å². The Bertz CT molecular complexity index is 1330. The largest absolute Gasteiger partial charge is 0.478 e. The number of amides is 2. The monoisotopic (exact) mass is 460 g/mol. The van der Waals surface area contributed by atoms with Crippen LogP contribution in [-0.2, 0) is 11.3 Å². The number of nitrogens with zero attached hydrogens (tertiary/aromatic N) is 1. The van der Waals surface area contributed by atoms with E-state index in [1.807, 2.05) is 30.4 Å². The number of aromatic carboxylic acids is 1. The quantitative estimate of drug-likeness (QED) is 0.569. The van der Waals surface area contributed by atoms with Gasteiger partial charge < -0.3 is 15.3 Å². The van der Waals surface area contributed by atoms with Gasteiger partial charge in [0.05, 0.1) is 17.8 Å². The molecule has 0 saturated heterocycles. The Morgan fingerprint density at radius 2 is 1.70 bits per heavy atom. The Morgan fingerprint density at radius 3 is 2.39 bits per heavy atom. The second-order valence-corrected chi connectivity index (χ2v) is 8.10. The molecule has 4 rings (SSSR count). The summed E-state index contributed by atoms with van der Waals surface area (Å²) in [5, 5.41) is 12.9. The highest BCUT2D eigenvalue weighted by Crippen LogP contribution is 2.34. The van der Waals surface area contributed by atoms with Crippen molar-refractivity contribution in [2.75, 3.05) is 11.9 Å². The number of carboxylic acids is 1. The Hall–Kier alpha value is -3.90. The summed E-state index contributed by atoms with van der Waals surface area (Å²) in [6, 6.07) is 15.5. The summed E-state index contributed by atoms with van der Waals surface area (Å²) in [5.74, 6) is -1.64. The number of fused-ring (bicyclic) bond motifs is 2. The van der Waals surface area contributed by atoms with Gasteiger partial charge in [-0.25, -0.2) is 4.79 Å². The van der Waals surface area contributed by atoms with Crippen LogP contribution in [0.25, 0.3) is 23.3 Å². The SMILES string of the molecule is CNC(=O)c1cccc(C(=O)O)c1-c1ccc2c(c1)CN(C(C)=O)c1ccc(Cl)cc1/C=C\2. The average Bonchev–Trinajstić information content (AvgIpc) is 2.79. The van der Waals surface area contributed by atoms with E-state index in [-0.39, 0.29) is 29.5 Å². The third-order valence-electron chi connectivity index (χ3n) is 5.63. The Balaban J connectivity index is 1.91. The van der Waals surface area contributed by atoms with E-state index in [4.69, 9.17) is 11.6 Å². The fraction of sp³-hybridized carbons (Fsp3) is 0.115. The van der Waals surface area contributed by atoms with Gasteiger partial charge in [-0.1, -0.05) is 42.0 Å². The third kappa shape index (κ3) is 4.25. The molecule has 0 atom stereocenters. The van der Waals surface area contributed by atoms with Gasteiger partial charge in [-0.05, 0) is 58.7 Å². The molecule has 3 aromatic carbocycles. The van der Waals surface area contributed by atoms with Crippen LogP contribution < -0.4 is 10.2 Å². The van der Waals surface area contributed by atoms with Crippen molar-refractivity contribution < 1.29 is 19.5 Å². The van der Waals surface area contributed by atoms with Crippen molar-refractivity contribution >= 4 is 47.2 Å². The first kappa shape index (κ1) is 22.3. The molecule has 0 fully saturated rings. The molecule has 6 nitrogen and oxygen atoms in total. The highest BCUT2D eigenvalue weighted by Gasteiger charge is 2.22. The van der Waals surface area contributed by atoms with E-state index in [1.165, 1.54) is 20.0 Å². The molecule has 1 aliphatic heterocycles. The third-order valence-corrected chi connectivity index (χ3v) is 5.86. The standard InChI is InChI=1S/C26H21ClN2O4/c1-15(30)29-14-19-12-18(24-21(25(31)28-2)4-3-5-22(24)26(32)33)9-7-16(19)6-8-17-13-20(27)10-11-23(17)29/h3-13H,14H2,1-2H3,(H,28,31)(H,32,33)/b8-6-. The van der Waals surface area contributed by atoms with E-state index >= 15 is 0 Å². The van der Waals surface area contributed by atoms with E-state index in [0.717, 1.165) is 22.4 Å². The molecule has 1 heterocycles. The zero-order valence-electron chi connectivity index (χ0n) is 18.1. The topological polar surface area (TPSA) is 86.7 Å². The molecule has 0 aromatic heterocycles. The van der Waals surface area contributed by atoms with Crippen molar-refractivity contribution in [3.63, 3.8) is 0 Å². The van der Waals surface area contributed by atoms with Gasteiger partial charge in [0.25, 0.3) is 5.91 Å². The van der Waals surface area contributed by atoms with Crippen LogP contribution in [0.1, 0.15) is 44.3 Å². The molecule has 0 radical (unpaired) electrons. The maximum absolute atomic E-state index is 12.5. The molecular weight excluding hydrogens is 440 g/mol. The van der Waals surface area contributed by atoms with Crippen LogP contribution in [-0.4, -0.2) is 29.9 Å². The minimum absolute atomic E-state index is 0.0286. The maximum atomic E-state index is 12.5. The smallest absolute Gasteiger partial charge is 0.336 e. The summed E-state index contributed by atoms with van der Waals surface area (Å²) < 4.78 is 0. The lowest BCUT2D eigenvalue weighted by Gasteiger charge is -2.26. The Morgan fingerprint density at radius 1 is 0.970 bits per heavy atom. The molecule has 2 N–H and O–H groups in total. The van der Waals surface area contributed by atoms with Crippen molar-refractivity contribution in [2.24, 2.45) is 0 Å². The summed E-state index contributed by atoms with van der Waals surface area (Å²) in [4.78, 5) is 38.6. The molecule has 0 bridgehead atoms. The number of anilines is 1. The number of benzene rings is 3. The molecular formula is C26H21ClN2O4. The minimum atomic E-state index is -1.13. The number of nitrogens with one attached hydrogen (secondary N) is 1. The molecule has 33 heavy (non-hydrogen) atoms. The zero-order chi connectivity index (χ0) is 23.7. The van der Waals surface area contributed by atoms with E-state index in [1.54, 1.807) is 35.2 Å². The van der Waals surface area contributed by atoms with Crippen LogP contribution in [0.5, 0.6) is 0 Å². The summed E-state index contributed by atoms with van der Waals surface area (Å²) >= 11 is 6.16. The van der Waals surface area contributed by atoms with Gasteiger partial charge in [0, 0.05) is 30.1 Å². The van der Waals surface area contributed by atoms with Gasteiger partial charge in [-0.15, -0.1) is 0 Å². The molecule has 3 aromatic rings. The first-order valence-electron chi connectivity index (χ1n) is 10.3. The predicted octanol–water partition coefficient (Wildman–Crippen LogP) is 5.10. The molecule has 7 heteroatoms.